The van der Waals surface area contributed by atoms with E-state index in [1.54, 1.807) is 55.5 Å². The molecule has 2 amide bonds. The molecule has 8 heteroatoms. The van der Waals surface area contributed by atoms with Crippen LogP contribution in [0.4, 0.5) is 17.2 Å². The summed E-state index contributed by atoms with van der Waals surface area (Å²) in [6.07, 6.45) is 1.58. The van der Waals surface area contributed by atoms with Gasteiger partial charge >= 0.3 is 0 Å². The van der Waals surface area contributed by atoms with Gasteiger partial charge < -0.3 is 15.1 Å². The Kier molecular flexibility index (Phi) is 7.85. The minimum Gasteiger partial charge on any atom is -0.347 e. The second kappa shape index (κ2) is 10.5. The zero-order chi connectivity index (χ0) is 25.0. The Morgan fingerprint density at radius 2 is 1.65 bits per heavy atom. The van der Waals surface area contributed by atoms with E-state index in [2.05, 4.69) is 31.1 Å². The molecular formula is C26H28Cl2N4O2. The fraction of sp³-hybridized carbons (Fsp3) is 0.269. The van der Waals surface area contributed by atoms with Crippen LogP contribution in [0.3, 0.4) is 0 Å². The number of halogens is 2. The number of benzene rings is 2. The van der Waals surface area contributed by atoms with Crippen molar-refractivity contribution in [3.8, 4) is 0 Å². The highest BCUT2D eigenvalue weighted by Crippen LogP contribution is 2.35. The van der Waals surface area contributed by atoms with Gasteiger partial charge in [0.05, 0.1) is 15.7 Å². The molecule has 1 N–H and O–H groups in total. The van der Waals surface area contributed by atoms with E-state index in [-0.39, 0.29) is 23.8 Å². The van der Waals surface area contributed by atoms with Gasteiger partial charge in [0.1, 0.15) is 6.54 Å². The van der Waals surface area contributed by atoms with Crippen molar-refractivity contribution >= 4 is 52.2 Å². The normalized spacial score (nSPS) is 11.1. The highest BCUT2D eigenvalue weighted by atomic mass is 35.5. The molecule has 1 aromatic heterocycles. The van der Waals surface area contributed by atoms with Gasteiger partial charge in [-0.05, 0) is 53.4 Å². The van der Waals surface area contributed by atoms with Gasteiger partial charge in [-0.1, -0.05) is 56.1 Å². The van der Waals surface area contributed by atoms with Crippen LogP contribution in [0, 0.1) is 0 Å². The van der Waals surface area contributed by atoms with Crippen molar-refractivity contribution in [3.63, 3.8) is 0 Å². The third kappa shape index (κ3) is 6.07. The number of anilines is 3. The molecule has 0 saturated carbocycles. The van der Waals surface area contributed by atoms with E-state index in [4.69, 9.17) is 23.2 Å². The molecule has 1 heterocycles. The zero-order valence-electron chi connectivity index (χ0n) is 19.9. The molecule has 3 aromatic rings. The number of aromatic nitrogens is 1. The lowest BCUT2D eigenvalue weighted by molar-refractivity contribution is -0.127. The monoisotopic (exact) mass is 498 g/mol. The molecule has 0 spiro atoms. The quantitative estimate of drug-likeness (QED) is 0.441. The molecule has 0 unspecified atom stereocenters. The van der Waals surface area contributed by atoms with Crippen molar-refractivity contribution < 1.29 is 9.59 Å². The van der Waals surface area contributed by atoms with E-state index >= 15 is 0 Å². The van der Waals surface area contributed by atoms with Gasteiger partial charge in [0.25, 0.3) is 5.91 Å². The predicted molar refractivity (Wildman–Crippen MR) is 139 cm³/mol. The third-order valence-electron chi connectivity index (χ3n) is 5.29. The van der Waals surface area contributed by atoms with Crippen molar-refractivity contribution in [1.29, 1.82) is 0 Å². The summed E-state index contributed by atoms with van der Waals surface area (Å²) in [6.45, 7) is 6.35. The van der Waals surface area contributed by atoms with Gasteiger partial charge in [-0.2, -0.15) is 0 Å². The van der Waals surface area contributed by atoms with Crippen molar-refractivity contribution in [2.24, 2.45) is 0 Å². The fourth-order valence-corrected chi connectivity index (χ4v) is 3.69. The molecule has 0 fully saturated rings. The van der Waals surface area contributed by atoms with Gasteiger partial charge in [0.2, 0.25) is 5.91 Å². The van der Waals surface area contributed by atoms with E-state index in [1.807, 2.05) is 24.3 Å². The molecule has 178 valence electrons. The van der Waals surface area contributed by atoms with Crippen LogP contribution in [-0.2, 0) is 10.2 Å². The Hall–Kier alpha value is -3.09. The smallest absolute Gasteiger partial charge is 0.255 e. The predicted octanol–water partition coefficient (Wildman–Crippen LogP) is 6.16. The number of likely N-dealkylation sites (N-methyl/N-ethyl adjacent to an activating group) is 1. The number of rotatable bonds is 6. The van der Waals surface area contributed by atoms with Crippen molar-refractivity contribution in [2.45, 2.75) is 26.2 Å². The van der Waals surface area contributed by atoms with Crippen LogP contribution in [0.1, 0.15) is 36.7 Å². The fourth-order valence-electron chi connectivity index (χ4n) is 3.24. The first-order chi connectivity index (χ1) is 16.0. The maximum absolute atomic E-state index is 13.0. The summed E-state index contributed by atoms with van der Waals surface area (Å²) in [5, 5.41) is 3.64. The summed E-state index contributed by atoms with van der Waals surface area (Å²) in [7, 11) is 3.33. The van der Waals surface area contributed by atoms with Gasteiger partial charge in [0.15, 0.2) is 5.82 Å². The van der Waals surface area contributed by atoms with Crippen molar-refractivity contribution in [1.82, 2.24) is 9.88 Å². The average Bonchev–Trinajstić information content (AvgIpc) is 2.78. The van der Waals surface area contributed by atoms with Crippen LogP contribution < -0.4 is 10.2 Å². The number of pyridine rings is 1. The van der Waals surface area contributed by atoms with Crippen molar-refractivity contribution in [3.05, 3.63) is 82.0 Å². The van der Waals surface area contributed by atoms with Crippen LogP contribution in [-0.4, -0.2) is 42.3 Å². The second-order valence-electron chi connectivity index (χ2n) is 9.13. The van der Waals surface area contributed by atoms with Crippen molar-refractivity contribution in [2.75, 3.05) is 30.9 Å². The highest BCUT2D eigenvalue weighted by Gasteiger charge is 2.22. The minimum absolute atomic E-state index is 0.0216. The van der Waals surface area contributed by atoms with Gasteiger partial charge in [0, 0.05) is 31.5 Å². The molecule has 34 heavy (non-hydrogen) atoms. The lowest BCUT2D eigenvalue weighted by Gasteiger charge is -2.26. The van der Waals surface area contributed by atoms with E-state index < -0.39 is 0 Å². The number of amides is 2. The Balaban J connectivity index is 1.94. The molecule has 0 aliphatic heterocycles. The summed E-state index contributed by atoms with van der Waals surface area (Å²) in [4.78, 5) is 33.0. The molecule has 0 aliphatic rings. The van der Waals surface area contributed by atoms with E-state index in [0.717, 1.165) is 0 Å². The number of hydrogen-bond donors (Lipinski definition) is 1. The van der Waals surface area contributed by atoms with E-state index in [1.165, 1.54) is 10.5 Å². The average molecular weight is 499 g/mol. The molecule has 3 rings (SSSR count). The Bertz CT molecular complexity index is 1190. The number of carbonyl (C=O) groups is 2. The van der Waals surface area contributed by atoms with Gasteiger partial charge in [-0.3, -0.25) is 9.59 Å². The Labute approximate surface area is 210 Å². The first-order valence-corrected chi connectivity index (χ1v) is 11.5. The van der Waals surface area contributed by atoms with E-state index in [9.17, 15) is 9.59 Å². The summed E-state index contributed by atoms with van der Waals surface area (Å²) < 4.78 is 0. The summed E-state index contributed by atoms with van der Waals surface area (Å²) in [6, 6.07) is 16.0. The first kappa shape index (κ1) is 25.5. The molecule has 0 saturated heterocycles. The lowest BCUT2D eigenvalue weighted by atomic mass is 9.87. The number of hydrogen-bond acceptors (Lipinski definition) is 4. The zero-order valence-corrected chi connectivity index (χ0v) is 21.4. The topological polar surface area (TPSA) is 65.5 Å². The second-order valence-corrected chi connectivity index (χ2v) is 9.95. The van der Waals surface area contributed by atoms with Crippen LogP contribution in [0.5, 0.6) is 0 Å². The summed E-state index contributed by atoms with van der Waals surface area (Å²) >= 11 is 12.9. The Morgan fingerprint density at radius 3 is 2.24 bits per heavy atom. The van der Waals surface area contributed by atoms with Crippen LogP contribution in [0.15, 0.2) is 60.8 Å². The third-order valence-corrected chi connectivity index (χ3v) is 5.91. The molecule has 0 atom stereocenters. The maximum atomic E-state index is 13.0. The number of nitrogens with one attached hydrogen (secondary N) is 1. The van der Waals surface area contributed by atoms with E-state index in [0.29, 0.717) is 32.8 Å². The Morgan fingerprint density at radius 1 is 0.971 bits per heavy atom. The number of carbonyl (C=O) groups excluding carboxylic acids is 2. The van der Waals surface area contributed by atoms with Crippen LogP contribution in [0.25, 0.3) is 0 Å². The molecule has 2 aromatic carbocycles. The largest absolute Gasteiger partial charge is 0.347 e. The molecule has 0 aliphatic carbocycles. The standard InChI is InChI=1S/C26H28Cl2N4O2/c1-26(2,3)18-9-11-19(12-10-18)30-25(34)17-8-13-20(27)22(15-17)32(16-23(33)31(4)5)24-21(28)7-6-14-29-24/h6-15H,16H2,1-5H3,(H,30,34). The van der Waals surface area contributed by atoms with Crippen LogP contribution >= 0.6 is 23.2 Å². The molecular weight excluding hydrogens is 471 g/mol. The molecule has 0 bridgehead atoms. The minimum atomic E-state index is -0.299. The maximum Gasteiger partial charge on any atom is 0.255 e. The van der Waals surface area contributed by atoms with Gasteiger partial charge in [-0.25, -0.2) is 4.98 Å². The summed E-state index contributed by atoms with van der Waals surface area (Å²) in [5.41, 5.74) is 2.71. The summed E-state index contributed by atoms with van der Waals surface area (Å²) in [5.74, 6) is -0.101. The first-order valence-electron chi connectivity index (χ1n) is 10.8. The van der Waals surface area contributed by atoms with Gasteiger partial charge in [-0.15, -0.1) is 0 Å². The number of nitrogens with zero attached hydrogens (tertiary/aromatic N) is 3. The lowest BCUT2D eigenvalue weighted by Crippen LogP contribution is -2.34. The highest BCUT2D eigenvalue weighted by molar-refractivity contribution is 6.35. The molecule has 6 nitrogen and oxygen atoms in total. The van der Waals surface area contributed by atoms with Crippen LogP contribution in [0.2, 0.25) is 10.0 Å². The SMILES string of the molecule is CN(C)C(=O)CN(c1cc(C(=O)Nc2ccc(C(C)(C)C)cc2)ccc1Cl)c1ncccc1Cl. The molecule has 0 radical (unpaired) electrons.